The highest BCUT2D eigenvalue weighted by Crippen LogP contribution is 2.20. The lowest BCUT2D eigenvalue weighted by Crippen LogP contribution is -1.90. The lowest BCUT2D eigenvalue weighted by Gasteiger charge is -2.04. The summed E-state index contributed by atoms with van der Waals surface area (Å²) in [7, 11) is 0. The van der Waals surface area contributed by atoms with Gasteiger partial charge in [-0.05, 0) is 36.6 Å². The zero-order valence-corrected chi connectivity index (χ0v) is 10.9. The second kappa shape index (κ2) is 6.10. The maximum Gasteiger partial charge on any atom is 0.141 e. The molecule has 0 unspecified atom stereocenters. The van der Waals surface area contributed by atoms with Crippen molar-refractivity contribution < 1.29 is 4.39 Å². The summed E-state index contributed by atoms with van der Waals surface area (Å²) in [4.78, 5) is 4.35. The number of rotatable bonds is 4. The number of halogens is 1. The van der Waals surface area contributed by atoms with Crippen molar-refractivity contribution in [2.45, 2.75) is 26.2 Å². The van der Waals surface area contributed by atoms with Crippen LogP contribution in [0.5, 0.6) is 0 Å². The normalized spacial score (nSPS) is 10.2. The lowest BCUT2D eigenvalue weighted by atomic mass is 10.1. The van der Waals surface area contributed by atoms with Crippen molar-refractivity contribution in [3.05, 3.63) is 53.5 Å². The van der Waals surface area contributed by atoms with Crippen LogP contribution in [0, 0.1) is 17.1 Å². The van der Waals surface area contributed by atoms with Gasteiger partial charge in [-0.15, -0.1) is 0 Å². The van der Waals surface area contributed by atoms with Crippen LogP contribution in [0.1, 0.15) is 30.9 Å². The van der Waals surface area contributed by atoms with E-state index in [1.807, 2.05) is 24.4 Å². The van der Waals surface area contributed by atoms with Gasteiger partial charge >= 0.3 is 0 Å². The molecular weight excluding hydrogens is 239 g/mol. The van der Waals surface area contributed by atoms with Gasteiger partial charge in [-0.3, -0.25) is 4.98 Å². The molecule has 3 heteroatoms. The molecule has 0 saturated carbocycles. The molecule has 1 heterocycles. The second-order valence-corrected chi connectivity index (χ2v) is 4.46. The Morgan fingerprint density at radius 1 is 1.26 bits per heavy atom. The molecule has 0 spiro atoms. The van der Waals surface area contributed by atoms with Crippen LogP contribution in [0.15, 0.2) is 36.5 Å². The highest BCUT2D eigenvalue weighted by atomic mass is 19.1. The van der Waals surface area contributed by atoms with E-state index in [1.54, 1.807) is 6.07 Å². The quantitative estimate of drug-likeness (QED) is 0.823. The third-order valence-corrected chi connectivity index (χ3v) is 3.03. The summed E-state index contributed by atoms with van der Waals surface area (Å²) in [5.74, 6) is -0.503. The number of benzene rings is 1. The largest absolute Gasteiger partial charge is 0.256 e. The molecule has 1 aromatic heterocycles. The molecule has 0 amide bonds. The predicted octanol–water partition coefficient (Wildman–Crippen LogP) is 4.10. The molecule has 2 aromatic rings. The van der Waals surface area contributed by atoms with E-state index in [0.717, 1.165) is 25.0 Å². The van der Waals surface area contributed by atoms with Gasteiger partial charge in [0.1, 0.15) is 11.9 Å². The van der Waals surface area contributed by atoms with Gasteiger partial charge in [0.25, 0.3) is 0 Å². The first kappa shape index (κ1) is 13.2. The summed E-state index contributed by atoms with van der Waals surface area (Å²) in [5, 5.41) is 8.69. The topological polar surface area (TPSA) is 36.7 Å². The molecule has 0 aliphatic heterocycles. The van der Waals surface area contributed by atoms with Crippen molar-refractivity contribution in [1.29, 1.82) is 5.26 Å². The summed E-state index contributed by atoms with van der Waals surface area (Å²) < 4.78 is 13.5. The van der Waals surface area contributed by atoms with Gasteiger partial charge < -0.3 is 0 Å². The Morgan fingerprint density at radius 3 is 2.68 bits per heavy atom. The molecule has 2 nitrogen and oxygen atoms in total. The van der Waals surface area contributed by atoms with Gasteiger partial charge in [0.05, 0.1) is 11.3 Å². The predicted molar refractivity (Wildman–Crippen MR) is 73.0 cm³/mol. The minimum atomic E-state index is -0.503. The highest BCUT2D eigenvalue weighted by molar-refractivity contribution is 5.60. The van der Waals surface area contributed by atoms with Gasteiger partial charge in [0.2, 0.25) is 0 Å². The molecule has 0 atom stereocenters. The number of aryl methyl sites for hydroxylation is 1. The standard InChI is InChI=1S/C16H15FN2/c1-2-3-4-12-5-8-16(19-11-12)13-6-7-14(10-18)15(17)9-13/h5-9,11H,2-4H2,1H3. The fourth-order valence-electron chi connectivity index (χ4n) is 1.89. The molecule has 0 aliphatic rings. The zero-order valence-electron chi connectivity index (χ0n) is 10.9. The van der Waals surface area contributed by atoms with Crippen molar-refractivity contribution in [3.8, 4) is 17.3 Å². The van der Waals surface area contributed by atoms with Gasteiger partial charge in [-0.2, -0.15) is 5.26 Å². The summed E-state index contributed by atoms with van der Waals surface area (Å²) in [6.07, 6.45) is 5.15. The van der Waals surface area contributed by atoms with Crippen molar-refractivity contribution >= 4 is 0 Å². The summed E-state index contributed by atoms with van der Waals surface area (Å²) in [6.45, 7) is 2.15. The Labute approximate surface area is 112 Å². The van der Waals surface area contributed by atoms with Crippen LogP contribution in [0.3, 0.4) is 0 Å². The van der Waals surface area contributed by atoms with Gasteiger partial charge in [0.15, 0.2) is 0 Å². The minimum Gasteiger partial charge on any atom is -0.256 e. The fraction of sp³-hybridized carbons (Fsp3) is 0.250. The Bertz CT molecular complexity index is 597. The van der Waals surface area contributed by atoms with Crippen LogP contribution in [-0.2, 0) is 6.42 Å². The molecule has 0 radical (unpaired) electrons. The first-order valence-electron chi connectivity index (χ1n) is 6.39. The Balaban J connectivity index is 2.22. The number of hydrogen-bond donors (Lipinski definition) is 0. The van der Waals surface area contributed by atoms with Crippen LogP contribution >= 0.6 is 0 Å². The van der Waals surface area contributed by atoms with Crippen molar-refractivity contribution in [3.63, 3.8) is 0 Å². The summed E-state index contributed by atoms with van der Waals surface area (Å²) in [5.41, 5.74) is 2.67. The van der Waals surface area contributed by atoms with E-state index in [1.165, 1.54) is 17.7 Å². The molecule has 0 aliphatic carbocycles. The first-order valence-corrected chi connectivity index (χ1v) is 6.39. The van der Waals surface area contributed by atoms with E-state index >= 15 is 0 Å². The molecule has 0 fully saturated rings. The number of pyridine rings is 1. The van der Waals surface area contributed by atoms with E-state index in [4.69, 9.17) is 5.26 Å². The van der Waals surface area contributed by atoms with Crippen LogP contribution in [0.2, 0.25) is 0 Å². The molecule has 19 heavy (non-hydrogen) atoms. The molecule has 0 N–H and O–H groups in total. The van der Waals surface area contributed by atoms with Crippen molar-refractivity contribution in [2.75, 3.05) is 0 Å². The van der Waals surface area contributed by atoms with Crippen LogP contribution in [0.25, 0.3) is 11.3 Å². The molecule has 96 valence electrons. The number of hydrogen-bond acceptors (Lipinski definition) is 2. The number of aromatic nitrogens is 1. The third kappa shape index (κ3) is 3.17. The third-order valence-electron chi connectivity index (χ3n) is 3.03. The molecule has 0 bridgehead atoms. The van der Waals surface area contributed by atoms with E-state index in [2.05, 4.69) is 11.9 Å². The van der Waals surface area contributed by atoms with E-state index in [9.17, 15) is 4.39 Å². The average molecular weight is 254 g/mol. The van der Waals surface area contributed by atoms with Gasteiger partial charge in [-0.1, -0.05) is 25.5 Å². The van der Waals surface area contributed by atoms with Crippen LogP contribution in [0.4, 0.5) is 4.39 Å². The smallest absolute Gasteiger partial charge is 0.141 e. The average Bonchev–Trinajstić information content (AvgIpc) is 2.45. The van der Waals surface area contributed by atoms with Crippen LogP contribution < -0.4 is 0 Å². The van der Waals surface area contributed by atoms with E-state index in [0.29, 0.717) is 5.56 Å². The van der Waals surface area contributed by atoms with Crippen LogP contribution in [-0.4, -0.2) is 4.98 Å². The maximum atomic E-state index is 13.5. The first-order chi connectivity index (χ1) is 9.24. The van der Waals surface area contributed by atoms with E-state index < -0.39 is 5.82 Å². The number of nitrogens with zero attached hydrogens (tertiary/aromatic N) is 2. The molecular formula is C16H15FN2. The van der Waals surface area contributed by atoms with Crippen molar-refractivity contribution in [1.82, 2.24) is 4.98 Å². The fourth-order valence-corrected chi connectivity index (χ4v) is 1.89. The highest BCUT2D eigenvalue weighted by Gasteiger charge is 2.05. The van der Waals surface area contributed by atoms with Gasteiger partial charge in [-0.25, -0.2) is 4.39 Å². The molecule has 1 aromatic carbocycles. The summed E-state index contributed by atoms with van der Waals surface area (Å²) in [6, 6.07) is 10.3. The maximum absolute atomic E-state index is 13.5. The Kier molecular flexibility index (Phi) is 4.25. The SMILES string of the molecule is CCCCc1ccc(-c2ccc(C#N)c(F)c2)nc1. The van der Waals surface area contributed by atoms with Gasteiger partial charge in [0, 0.05) is 11.8 Å². The molecule has 2 rings (SSSR count). The molecule has 0 saturated heterocycles. The number of unbranched alkanes of at least 4 members (excludes halogenated alkanes) is 1. The van der Waals surface area contributed by atoms with E-state index in [-0.39, 0.29) is 5.56 Å². The Morgan fingerprint density at radius 2 is 2.11 bits per heavy atom. The minimum absolute atomic E-state index is 0.0586. The lowest BCUT2D eigenvalue weighted by molar-refractivity contribution is 0.624. The van der Waals surface area contributed by atoms with Crippen molar-refractivity contribution in [2.24, 2.45) is 0 Å². The number of nitriles is 1. The zero-order chi connectivity index (χ0) is 13.7. The Hall–Kier alpha value is -2.21. The second-order valence-electron chi connectivity index (χ2n) is 4.46. The monoisotopic (exact) mass is 254 g/mol. The summed E-state index contributed by atoms with van der Waals surface area (Å²) >= 11 is 0.